The molecule has 47 heavy (non-hydrogen) atoms. The monoisotopic (exact) mass is 750 g/mol. The molecule has 0 aliphatic carbocycles. The number of thioether (sulfide) groups is 4. The summed E-state index contributed by atoms with van der Waals surface area (Å²) in [7, 11) is 0. The maximum absolute atomic E-state index is 5.53. The molecule has 6 heteroatoms. The van der Waals surface area contributed by atoms with Gasteiger partial charge < -0.3 is 0 Å². The maximum Gasteiger partial charge on any atom is 0.104 e. The van der Waals surface area contributed by atoms with Gasteiger partial charge in [-0.25, -0.2) is 0 Å². The first-order valence-corrected chi connectivity index (χ1v) is 23.4. The molecule has 2 aromatic carbocycles. The fourth-order valence-electron chi connectivity index (χ4n) is 5.22. The Bertz CT molecular complexity index is 964. The van der Waals surface area contributed by atoms with Crippen LogP contribution in [0.5, 0.6) is 0 Å². The molecule has 0 spiro atoms. The van der Waals surface area contributed by atoms with Crippen LogP contribution in [0, 0.1) is 0 Å². The van der Waals surface area contributed by atoms with E-state index in [0.717, 1.165) is 12.8 Å². The quantitative estimate of drug-likeness (QED) is 0.0689. The highest BCUT2D eigenvalue weighted by molar-refractivity contribution is 8.47. The Morgan fingerprint density at radius 2 is 0.872 bits per heavy atom. The van der Waals surface area contributed by atoms with Gasteiger partial charge in [0, 0.05) is 11.0 Å². The minimum absolute atomic E-state index is 0.457. The van der Waals surface area contributed by atoms with Gasteiger partial charge in [-0.3, -0.25) is 0 Å². The average molecular weight is 751 g/mol. The van der Waals surface area contributed by atoms with Crippen LogP contribution in [0.2, 0.25) is 0 Å². The molecule has 2 aromatic rings. The molecule has 0 nitrogen and oxygen atoms in total. The van der Waals surface area contributed by atoms with Crippen molar-refractivity contribution in [3.63, 3.8) is 0 Å². The lowest BCUT2D eigenvalue weighted by atomic mass is 10.1. The van der Waals surface area contributed by atoms with Crippen LogP contribution in [0.25, 0.3) is 0 Å². The summed E-state index contributed by atoms with van der Waals surface area (Å²) in [6.45, 7) is 6.81. The lowest BCUT2D eigenvalue weighted by molar-refractivity contribution is 0.563. The summed E-state index contributed by atoms with van der Waals surface area (Å²) in [5.74, 6) is 3.38. The van der Waals surface area contributed by atoms with Gasteiger partial charge in [0.15, 0.2) is 0 Å². The second-order valence-electron chi connectivity index (χ2n) is 12.5. The van der Waals surface area contributed by atoms with Gasteiger partial charge in [-0.2, -0.15) is 0 Å². The standard InChI is InChI=1S/C21H34S3.C20H32S3/c1-3-4-5-6-7-8-9-10-11-15-18-23-21(22)24-19(2)20-16-13-12-14-17-20;1-2-3-4-5-6-7-8-9-10-14-17-22-20(21)23-18-19-15-12-11-13-16-19/h12-14,16-17,19H,3-11,15,18H2,1-2H3;11-13,15-16H,2-10,14,17-18H2,1H3. The van der Waals surface area contributed by atoms with Gasteiger partial charge in [0.25, 0.3) is 0 Å². The third-order valence-corrected chi connectivity index (χ3v) is 13.9. The van der Waals surface area contributed by atoms with Crippen molar-refractivity contribution in [3.05, 3.63) is 71.8 Å². The van der Waals surface area contributed by atoms with E-state index in [2.05, 4.69) is 81.4 Å². The number of hydrogen-bond acceptors (Lipinski definition) is 6. The average Bonchev–Trinajstić information content (AvgIpc) is 3.09. The Hall–Kier alpha value is 0.0200. The minimum atomic E-state index is 0.457. The molecule has 0 bridgehead atoms. The fraction of sp³-hybridized carbons (Fsp3) is 0.659. The summed E-state index contributed by atoms with van der Waals surface area (Å²) in [5.41, 5.74) is 2.73. The van der Waals surface area contributed by atoms with E-state index in [1.54, 1.807) is 11.8 Å². The minimum Gasteiger partial charge on any atom is -0.108 e. The lowest BCUT2D eigenvalue weighted by Gasteiger charge is -2.11. The second-order valence-corrected chi connectivity index (χ2v) is 19.4. The molecule has 1 unspecified atom stereocenters. The van der Waals surface area contributed by atoms with Gasteiger partial charge in [-0.1, -0.05) is 226 Å². The largest absolute Gasteiger partial charge is 0.108 e. The SMILES string of the molecule is CCCCCCCCCCCCSC(=S)SC(C)c1ccccc1.CCCCCCCCCCCCSC(=S)SCc1ccccc1. The summed E-state index contributed by atoms with van der Waals surface area (Å²) < 4.78 is 2.20. The molecule has 0 saturated heterocycles. The first-order valence-electron chi connectivity index (χ1n) is 18.8. The second kappa shape index (κ2) is 34.5. The Morgan fingerprint density at radius 1 is 0.489 bits per heavy atom. The van der Waals surface area contributed by atoms with Crippen molar-refractivity contribution in [2.75, 3.05) is 11.5 Å². The molecule has 0 amide bonds. The summed E-state index contributed by atoms with van der Waals surface area (Å²) in [4.78, 5) is 0. The van der Waals surface area contributed by atoms with E-state index in [9.17, 15) is 0 Å². The highest BCUT2D eigenvalue weighted by atomic mass is 32.2. The predicted molar refractivity (Wildman–Crippen MR) is 234 cm³/mol. The van der Waals surface area contributed by atoms with Crippen LogP contribution in [-0.4, -0.2) is 18.6 Å². The van der Waals surface area contributed by atoms with Crippen LogP contribution < -0.4 is 0 Å². The van der Waals surface area contributed by atoms with Crippen molar-refractivity contribution in [3.8, 4) is 0 Å². The molecule has 0 saturated carbocycles. The lowest BCUT2D eigenvalue weighted by Crippen LogP contribution is -1.92. The molecule has 0 aromatic heterocycles. The first kappa shape index (κ1) is 45.0. The van der Waals surface area contributed by atoms with E-state index in [-0.39, 0.29) is 0 Å². The number of benzene rings is 2. The highest BCUT2D eigenvalue weighted by Gasteiger charge is 2.09. The topological polar surface area (TPSA) is 0 Å². The molecule has 2 rings (SSSR count). The molecule has 0 aliphatic heterocycles. The van der Waals surface area contributed by atoms with Crippen LogP contribution in [0.15, 0.2) is 60.7 Å². The predicted octanol–water partition coefficient (Wildman–Crippen LogP) is 16.3. The number of unbranched alkanes of at least 4 members (excludes halogenated alkanes) is 18. The van der Waals surface area contributed by atoms with E-state index >= 15 is 0 Å². The number of thiocarbonyl (C=S) groups is 2. The van der Waals surface area contributed by atoms with Crippen LogP contribution >= 0.6 is 71.5 Å². The van der Waals surface area contributed by atoms with Gasteiger partial charge in [-0.15, -0.1) is 35.3 Å². The molecule has 1 atom stereocenters. The smallest absolute Gasteiger partial charge is 0.104 e. The van der Waals surface area contributed by atoms with Crippen molar-refractivity contribution in [1.29, 1.82) is 0 Å². The number of rotatable bonds is 26. The third-order valence-electron chi connectivity index (χ3n) is 8.18. The third kappa shape index (κ3) is 29.5. The van der Waals surface area contributed by atoms with Crippen LogP contribution in [-0.2, 0) is 5.75 Å². The normalized spacial score (nSPS) is 11.6. The zero-order valence-electron chi connectivity index (χ0n) is 30.1. The van der Waals surface area contributed by atoms with E-state index in [1.165, 1.54) is 151 Å². The van der Waals surface area contributed by atoms with Crippen molar-refractivity contribution in [2.45, 2.75) is 160 Å². The van der Waals surface area contributed by atoms with Gasteiger partial charge in [0.2, 0.25) is 0 Å². The van der Waals surface area contributed by atoms with E-state index in [0.29, 0.717) is 5.25 Å². The molecule has 0 radical (unpaired) electrons. The molecule has 0 heterocycles. The summed E-state index contributed by atoms with van der Waals surface area (Å²) in [6.07, 6.45) is 28.0. The van der Waals surface area contributed by atoms with Gasteiger partial charge >= 0.3 is 0 Å². The van der Waals surface area contributed by atoms with E-state index in [1.807, 2.05) is 35.3 Å². The van der Waals surface area contributed by atoms with Gasteiger partial charge in [0.1, 0.15) is 7.06 Å². The Kier molecular flexibility index (Phi) is 33.0. The molecule has 0 N–H and O–H groups in total. The molecule has 0 aliphatic rings. The van der Waals surface area contributed by atoms with Crippen molar-refractivity contribution in [1.82, 2.24) is 0 Å². The molecular weight excluding hydrogens is 685 g/mol. The zero-order chi connectivity index (χ0) is 34.0. The van der Waals surface area contributed by atoms with E-state index in [4.69, 9.17) is 24.4 Å². The first-order chi connectivity index (χ1) is 23.1. The summed E-state index contributed by atoms with van der Waals surface area (Å²) in [5, 5.41) is 0.457. The zero-order valence-corrected chi connectivity index (χ0v) is 35.0. The summed E-state index contributed by atoms with van der Waals surface area (Å²) >= 11 is 18.3. The van der Waals surface area contributed by atoms with Crippen molar-refractivity contribution in [2.24, 2.45) is 0 Å². The summed E-state index contributed by atoms with van der Waals surface area (Å²) in [6, 6.07) is 21.2. The van der Waals surface area contributed by atoms with Crippen LogP contribution in [0.4, 0.5) is 0 Å². The Balaban J connectivity index is 0.000000470. The van der Waals surface area contributed by atoms with Crippen LogP contribution in [0.3, 0.4) is 0 Å². The van der Waals surface area contributed by atoms with E-state index < -0.39 is 0 Å². The fourth-order valence-corrected chi connectivity index (χ4v) is 10.1. The van der Waals surface area contributed by atoms with Crippen molar-refractivity contribution >= 4 is 78.5 Å². The van der Waals surface area contributed by atoms with Crippen molar-refractivity contribution < 1.29 is 0 Å². The molecule has 0 fully saturated rings. The van der Waals surface area contributed by atoms with Gasteiger partial charge in [-0.05, 0) is 42.4 Å². The molecule has 266 valence electrons. The number of hydrogen-bond donors (Lipinski definition) is 0. The highest BCUT2D eigenvalue weighted by Crippen LogP contribution is 2.33. The molecular formula is C41H66S6. The Morgan fingerprint density at radius 3 is 1.32 bits per heavy atom. The maximum atomic E-state index is 5.53. The Labute approximate surface area is 319 Å². The van der Waals surface area contributed by atoms with Gasteiger partial charge in [0.05, 0.1) is 0 Å². The van der Waals surface area contributed by atoms with Crippen LogP contribution in [0.1, 0.15) is 166 Å².